The Balaban J connectivity index is 4.07. The van der Waals surface area contributed by atoms with Crippen LogP contribution in [0.15, 0.2) is 0 Å². The molecular weight excluding hydrogens is 770 g/mol. The molecule has 2 atom stereocenters. The van der Waals surface area contributed by atoms with E-state index in [1.165, 1.54) is 212 Å². The molecule has 360 valence electrons. The number of hydrogen-bond donors (Lipinski definition) is 0. The second-order valence-electron chi connectivity index (χ2n) is 19.3. The number of hydrogen-bond acceptors (Lipinski definition) is 7. The van der Waals surface area contributed by atoms with Crippen molar-refractivity contribution in [2.75, 3.05) is 54.1 Å². The number of carbonyl (C=O) groups excluding carboxylic acids is 1. The quantitative estimate of drug-likeness (QED) is 0.0260. The summed E-state index contributed by atoms with van der Waals surface area (Å²) in [5.41, 5.74) is 0. The van der Waals surface area contributed by atoms with Gasteiger partial charge in [0.15, 0.2) is 0 Å². The summed E-state index contributed by atoms with van der Waals surface area (Å²) in [7, 11) is 1.38. The lowest BCUT2D eigenvalue weighted by Gasteiger charge is -2.28. The monoisotopic (exact) mass is 874 g/mol. The number of esters is 1. The molecule has 0 heterocycles. The van der Waals surface area contributed by atoms with Gasteiger partial charge in [0.2, 0.25) is 0 Å². The van der Waals surface area contributed by atoms with Crippen LogP contribution in [-0.4, -0.2) is 70.7 Å². The third-order valence-corrected chi connectivity index (χ3v) is 12.9. The average Bonchev–Trinajstić information content (AvgIpc) is 3.20. The van der Waals surface area contributed by atoms with Gasteiger partial charge in [-0.3, -0.25) is 9.36 Å². The van der Waals surface area contributed by atoms with E-state index in [1.54, 1.807) is 0 Å². The maximum absolute atomic E-state index is 12.7. The molecule has 0 saturated carbocycles. The van der Waals surface area contributed by atoms with E-state index in [4.69, 9.17) is 18.5 Å². The molecule has 2 unspecified atom stereocenters. The van der Waals surface area contributed by atoms with Crippen LogP contribution < -0.4 is 4.89 Å². The van der Waals surface area contributed by atoms with Crippen molar-refractivity contribution in [2.45, 2.75) is 270 Å². The third-order valence-electron chi connectivity index (χ3n) is 11.9. The molecule has 0 radical (unpaired) electrons. The highest BCUT2D eigenvalue weighted by Crippen LogP contribution is 2.38. The summed E-state index contributed by atoms with van der Waals surface area (Å²) >= 11 is 0. The fourth-order valence-corrected chi connectivity index (χ4v) is 8.57. The van der Waals surface area contributed by atoms with Crippen molar-refractivity contribution in [2.24, 2.45) is 0 Å². The number of phosphoric acid groups is 1. The van der Waals surface area contributed by atoms with Crippen LogP contribution in [0.5, 0.6) is 0 Å². The van der Waals surface area contributed by atoms with Gasteiger partial charge in [0.05, 0.1) is 34.4 Å². The minimum Gasteiger partial charge on any atom is -0.756 e. The molecule has 0 fully saturated rings. The molecule has 0 aromatic carbocycles. The smallest absolute Gasteiger partial charge is 0.306 e. The zero-order valence-electron chi connectivity index (χ0n) is 40.9. The van der Waals surface area contributed by atoms with Gasteiger partial charge in [-0.2, -0.15) is 0 Å². The van der Waals surface area contributed by atoms with E-state index in [2.05, 4.69) is 13.8 Å². The van der Waals surface area contributed by atoms with E-state index in [1.807, 2.05) is 21.1 Å². The van der Waals surface area contributed by atoms with E-state index < -0.39 is 13.9 Å². The van der Waals surface area contributed by atoms with Crippen LogP contribution >= 0.6 is 7.82 Å². The molecule has 8 nitrogen and oxygen atoms in total. The van der Waals surface area contributed by atoms with Gasteiger partial charge < -0.3 is 27.9 Å². The number of quaternary nitrogens is 1. The summed E-state index contributed by atoms with van der Waals surface area (Å²) in [6.45, 7) is 5.50. The highest BCUT2D eigenvalue weighted by atomic mass is 31.2. The van der Waals surface area contributed by atoms with Gasteiger partial charge in [-0.1, -0.05) is 245 Å². The maximum Gasteiger partial charge on any atom is 0.306 e. The molecule has 0 spiro atoms. The van der Waals surface area contributed by atoms with Crippen molar-refractivity contribution in [1.29, 1.82) is 0 Å². The molecule has 60 heavy (non-hydrogen) atoms. The Labute approximate surface area is 374 Å². The Morgan fingerprint density at radius 2 is 0.767 bits per heavy atom. The van der Waals surface area contributed by atoms with E-state index in [0.29, 0.717) is 24.1 Å². The van der Waals surface area contributed by atoms with Gasteiger partial charge in [0.1, 0.15) is 19.3 Å². The lowest BCUT2D eigenvalue weighted by atomic mass is 10.0. The largest absolute Gasteiger partial charge is 0.756 e. The Morgan fingerprint density at radius 3 is 1.10 bits per heavy atom. The van der Waals surface area contributed by atoms with Gasteiger partial charge in [-0.05, 0) is 12.8 Å². The summed E-state index contributed by atoms with van der Waals surface area (Å²) in [5, 5.41) is 0. The normalized spacial score (nSPS) is 13.5. The highest BCUT2D eigenvalue weighted by molar-refractivity contribution is 7.45. The minimum absolute atomic E-state index is 0.0318. The Morgan fingerprint density at radius 1 is 0.450 bits per heavy atom. The van der Waals surface area contributed by atoms with Crippen LogP contribution in [0.3, 0.4) is 0 Å². The van der Waals surface area contributed by atoms with E-state index in [-0.39, 0.29) is 25.8 Å². The van der Waals surface area contributed by atoms with Crippen molar-refractivity contribution in [3.8, 4) is 0 Å². The molecule has 0 aliphatic carbocycles. The molecule has 0 aromatic rings. The van der Waals surface area contributed by atoms with Crippen LogP contribution in [0.1, 0.15) is 264 Å². The van der Waals surface area contributed by atoms with Gasteiger partial charge in [0, 0.05) is 13.0 Å². The zero-order valence-corrected chi connectivity index (χ0v) is 41.8. The highest BCUT2D eigenvalue weighted by Gasteiger charge is 2.20. The summed E-state index contributed by atoms with van der Waals surface area (Å²) < 4.78 is 34.8. The second kappa shape index (κ2) is 45.1. The van der Waals surface area contributed by atoms with Crippen LogP contribution in [0.2, 0.25) is 0 Å². The number of ether oxygens (including phenoxy) is 2. The molecular formula is C51H104NO7P. The third kappa shape index (κ3) is 48.5. The number of nitrogens with zero attached hydrogens (tertiary/aromatic N) is 1. The summed E-state index contributed by atoms with van der Waals surface area (Å²) in [6, 6.07) is 0. The van der Waals surface area contributed by atoms with Crippen molar-refractivity contribution in [3.05, 3.63) is 0 Å². The second-order valence-corrected chi connectivity index (χ2v) is 20.7. The number of carbonyl (C=O) groups is 1. The van der Waals surface area contributed by atoms with Gasteiger partial charge in [-0.25, -0.2) is 0 Å². The Bertz CT molecular complexity index is 930. The molecule has 0 aliphatic heterocycles. The van der Waals surface area contributed by atoms with Crippen LogP contribution in [0, 0.1) is 0 Å². The topological polar surface area (TPSA) is 94.1 Å². The van der Waals surface area contributed by atoms with E-state index in [9.17, 15) is 14.3 Å². The molecule has 0 rings (SSSR count). The van der Waals surface area contributed by atoms with Crippen molar-refractivity contribution in [3.63, 3.8) is 0 Å². The summed E-state index contributed by atoms with van der Waals surface area (Å²) in [5.74, 6) is -0.325. The lowest BCUT2D eigenvalue weighted by molar-refractivity contribution is -0.870. The van der Waals surface area contributed by atoms with E-state index >= 15 is 0 Å². The van der Waals surface area contributed by atoms with Gasteiger partial charge in [0.25, 0.3) is 7.82 Å². The predicted octanol–water partition coefficient (Wildman–Crippen LogP) is 15.4. The zero-order chi connectivity index (χ0) is 44.1. The number of rotatable bonds is 50. The van der Waals surface area contributed by atoms with Crippen molar-refractivity contribution in [1.82, 2.24) is 0 Å². The first-order valence-electron chi connectivity index (χ1n) is 26.3. The first kappa shape index (κ1) is 59.5. The lowest BCUT2D eigenvalue weighted by Crippen LogP contribution is -2.37. The predicted molar refractivity (Wildman–Crippen MR) is 255 cm³/mol. The number of likely N-dealkylation sites (N-methyl/N-ethyl adjacent to an activating group) is 1. The summed E-state index contributed by atoms with van der Waals surface area (Å²) in [6.07, 6.45) is 49.8. The fraction of sp³-hybridized carbons (Fsp3) is 0.980. The summed E-state index contributed by atoms with van der Waals surface area (Å²) in [4.78, 5) is 25.2. The first-order chi connectivity index (χ1) is 29.1. The standard InChI is InChI=1S/C51H104NO7P/c1-6-8-10-12-14-16-18-20-22-24-26-28-30-32-34-36-38-40-42-44-51(53)59-50(49-58-60(54,55)57-47-45-52(3,4)5)48-56-46-43-41-39-37-35-33-31-29-27-25-23-21-19-17-15-13-11-9-7-2/h50H,6-49H2,1-5H3. The van der Waals surface area contributed by atoms with Crippen molar-refractivity contribution < 1.29 is 37.3 Å². The molecule has 0 saturated heterocycles. The Kier molecular flexibility index (Phi) is 44.7. The van der Waals surface area contributed by atoms with Crippen LogP contribution in [0.25, 0.3) is 0 Å². The number of phosphoric ester groups is 1. The Hall–Kier alpha value is -0.500. The maximum atomic E-state index is 12.7. The van der Waals surface area contributed by atoms with Gasteiger partial charge >= 0.3 is 5.97 Å². The average molecular weight is 874 g/mol. The van der Waals surface area contributed by atoms with Crippen molar-refractivity contribution >= 4 is 13.8 Å². The number of unbranched alkanes of at least 4 members (excludes halogenated alkanes) is 36. The van der Waals surface area contributed by atoms with Crippen LogP contribution in [-0.2, 0) is 27.9 Å². The SMILES string of the molecule is CCCCCCCCCCCCCCCCCCCCCOCC(COP(=O)([O-])OCC[N+](C)(C)C)OC(=O)CCCCCCCCCCCCCCCCCCCCC. The molecule has 0 bridgehead atoms. The molecule has 0 aliphatic rings. The molecule has 0 amide bonds. The molecule has 0 aromatic heterocycles. The van der Waals surface area contributed by atoms with Crippen LogP contribution in [0.4, 0.5) is 0 Å². The van der Waals surface area contributed by atoms with Gasteiger partial charge in [-0.15, -0.1) is 0 Å². The molecule has 9 heteroatoms. The molecule has 0 N–H and O–H groups in total. The first-order valence-corrected chi connectivity index (χ1v) is 27.7. The van der Waals surface area contributed by atoms with E-state index in [0.717, 1.165) is 32.1 Å². The minimum atomic E-state index is -4.52. The fourth-order valence-electron chi connectivity index (χ4n) is 7.84.